The minimum absolute atomic E-state index is 0.0309. The molecule has 1 aromatic carbocycles. The van der Waals surface area contributed by atoms with Crippen LogP contribution in [0.2, 0.25) is 0 Å². The van der Waals surface area contributed by atoms with Crippen molar-refractivity contribution in [2.24, 2.45) is 0 Å². The third-order valence-corrected chi connectivity index (χ3v) is 5.85. The number of hydrogen-bond acceptors (Lipinski definition) is 5. The molecule has 6 nitrogen and oxygen atoms in total. The highest BCUT2D eigenvalue weighted by Crippen LogP contribution is 2.33. The predicted octanol–water partition coefficient (Wildman–Crippen LogP) is 3.58. The van der Waals surface area contributed by atoms with Gasteiger partial charge in [-0.15, -0.1) is 11.3 Å². The number of rotatable bonds is 6. The average molecular weight is 397 g/mol. The van der Waals surface area contributed by atoms with E-state index in [1.807, 2.05) is 35.4 Å². The van der Waals surface area contributed by atoms with Gasteiger partial charge in [-0.05, 0) is 30.9 Å². The number of amides is 1. The molecule has 0 bridgehead atoms. The second-order valence-corrected chi connectivity index (χ2v) is 8.29. The number of benzene rings is 1. The topological polar surface area (TPSA) is 71.1 Å². The molecule has 0 saturated carbocycles. The zero-order valence-electron chi connectivity index (χ0n) is 16.1. The number of nitrogens with one attached hydrogen (secondary N) is 1. The molecule has 2 aromatic heterocycles. The van der Waals surface area contributed by atoms with Crippen LogP contribution in [-0.4, -0.2) is 38.6 Å². The van der Waals surface area contributed by atoms with Gasteiger partial charge in [-0.25, -0.2) is 4.98 Å². The standard InChI is InChI=1S/C21H24N4O2S/c1-14-5-3-6-16(9-14)13-27-17-10-19(21-22-15(2)23-24-21)25(12-17)20(26)11-18-7-4-8-28-18/h3-9,17,19H,10-13H2,1-2H3,(H,22,23,24)/t17-,19-/m0/s1. The molecule has 3 heterocycles. The zero-order chi connectivity index (χ0) is 19.5. The van der Waals surface area contributed by atoms with Crippen LogP contribution in [0.15, 0.2) is 41.8 Å². The third kappa shape index (κ3) is 4.31. The summed E-state index contributed by atoms with van der Waals surface area (Å²) < 4.78 is 6.16. The number of carbonyl (C=O) groups is 1. The number of H-pyrrole nitrogens is 1. The van der Waals surface area contributed by atoms with Gasteiger partial charge in [-0.3, -0.25) is 9.89 Å². The quantitative estimate of drug-likeness (QED) is 0.691. The van der Waals surface area contributed by atoms with Gasteiger partial charge in [0.2, 0.25) is 5.91 Å². The van der Waals surface area contributed by atoms with Gasteiger partial charge in [-0.2, -0.15) is 5.10 Å². The number of aromatic nitrogens is 3. The normalized spacial score (nSPS) is 19.3. The van der Waals surface area contributed by atoms with Crippen LogP contribution in [-0.2, 0) is 22.6 Å². The highest BCUT2D eigenvalue weighted by molar-refractivity contribution is 7.10. The molecule has 1 aliphatic rings. The molecular weight excluding hydrogens is 372 g/mol. The molecule has 1 N–H and O–H groups in total. The molecule has 0 spiro atoms. The summed E-state index contributed by atoms with van der Waals surface area (Å²) in [5.41, 5.74) is 2.36. The zero-order valence-corrected chi connectivity index (χ0v) is 16.9. The molecule has 1 saturated heterocycles. The van der Waals surface area contributed by atoms with Crippen LogP contribution in [0.25, 0.3) is 0 Å². The van der Waals surface area contributed by atoms with Crippen molar-refractivity contribution < 1.29 is 9.53 Å². The van der Waals surface area contributed by atoms with Crippen LogP contribution in [0.1, 0.15) is 40.1 Å². The molecule has 0 aliphatic carbocycles. The Hall–Kier alpha value is -2.51. The van der Waals surface area contributed by atoms with Gasteiger partial charge in [0.15, 0.2) is 5.82 Å². The van der Waals surface area contributed by atoms with E-state index in [9.17, 15) is 4.79 Å². The SMILES string of the molecule is Cc1cccc(CO[C@H]2C[C@@H](c3n[nH]c(C)n3)N(C(=O)Cc3cccs3)C2)c1. The van der Waals surface area contributed by atoms with E-state index in [-0.39, 0.29) is 18.1 Å². The monoisotopic (exact) mass is 396 g/mol. The Morgan fingerprint density at radius 2 is 2.21 bits per heavy atom. The molecule has 1 aliphatic heterocycles. The fourth-order valence-corrected chi connectivity index (χ4v) is 4.32. The fraction of sp³-hybridized carbons (Fsp3) is 0.381. The molecule has 1 fully saturated rings. The summed E-state index contributed by atoms with van der Waals surface area (Å²) in [6.07, 6.45) is 1.08. The van der Waals surface area contributed by atoms with Crippen molar-refractivity contribution >= 4 is 17.2 Å². The summed E-state index contributed by atoms with van der Waals surface area (Å²) in [7, 11) is 0. The maximum Gasteiger partial charge on any atom is 0.228 e. The maximum atomic E-state index is 13.0. The third-order valence-electron chi connectivity index (χ3n) is 4.97. The first-order chi connectivity index (χ1) is 13.6. The first-order valence-corrected chi connectivity index (χ1v) is 10.3. The van der Waals surface area contributed by atoms with E-state index < -0.39 is 0 Å². The predicted molar refractivity (Wildman–Crippen MR) is 108 cm³/mol. The molecule has 146 valence electrons. The van der Waals surface area contributed by atoms with E-state index in [1.54, 1.807) is 11.3 Å². The van der Waals surface area contributed by atoms with Crippen molar-refractivity contribution in [3.05, 3.63) is 69.4 Å². The van der Waals surface area contributed by atoms with Crippen LogP contribution >= 0.6 is 11.3 Å². The van der Waals surface area contributed by atoms with Gasteiger partial charge in [0.1, 0.15) is 5.82 Å². The molecule has 2 atom stereocenters. The minimum atomic E-state index is -0.153. The lowest BCUT2D eigenvalue weighted by Crippen LogP contribution is -2.33. The molecule has 1 amide bonds. The van der Waals surface area contributed by atoms with Gasteiger partial charge >= 0.3 is 0 Å². The molecule has 28 heavy (non-hydrogen) atoms. The largest absolute Gasteiger partial charge is 0.372 e. The Morgan fingerprint density at radius 1 is 1.32 bits per heavy atom. The first kappa shape index (κ1) is 18.8. The van der Waals surface area contributed by atoms with E-state index in [0.29, 0.717) is 31.8 Å². The smallest absolute Gasteiger partial charge is 0.228 e. The van der Waals surface area contributed by atoms with Gasteiger partial charge in [0.05, 0.1) is 25.2 Å². The van der Waals surface area contributed by atoms with Crippen LogP contribution < -0.4 is 0 Å². The van der Waals surface area contributed by atoms with Crippen LogP contribution in [0.3, 0.4) is 0 Å². The number of thiophene rings is 1. The number of nitrogens with zero attached hydrogens (tertiary/aromatic N) is 3. The van der Waals surface area contributed by atoms with E-state index in [4.69, 9.17) is 4.74 Å². The first-order valence-electron chi connectivity index (χ1n) is 9.46. The Bertz CT molecular complexity index is 938. The van der Waals surface area contributed by atoms with E-state index in [2.05, 4.69) is 40.3 Å². The van der Waals surface area contributed by atoms with Crippen molar-refractivity contribution in [2.45, 2.75) is 45.4 Å². The van der Waals surface area contributed by atoms with Crippen LogP contribution in [0.5, 0.6) is 0 Å². The molecule has 3 aromatic rings. The molecular formula is C21H24N4O2S. The number of ether oxygens (including phenoxy) is 1. The number of likely N-dealkylation sites (tertiary alicyclic amines) is 1. The van der Waals surface area contributed by atoms with E-state index in [1.165, 1.54) is 5.56 Å². The van der Waals surface area contributed by atoms with Crippen LogP contribution in [0, 0.1) is 13.8 Å². The Morgan fingerprint density at radius 3 is 2.93 bits per heavy atom. The van der Waals surface area contributed by atoms with Crippen molar-refractivity contribution in [1.82, 2.24) is 20.1 Å². The summed E-state index contributed by atoms with van der Waals surface area (Å²) in [6.45, 7) is 5.05. The fourth-order valence-electron chi connectivity index (χ4n) is 3.63. The number of hydrogen-bond donors (Lipinski definition) is 1. The Balaban J connectivity index is 1.47. The second-order valence-electron chi connectivity index (χ2n) is 7.25. The van der Waals surface area contributed by atoms with Crippen molar-refractivity contribution in [3.8, 4) is 0 Å². The molecule has 4 rings (SSSR count). The van der Waals surface area contributed by atoms with Gasteiger partial charge in [-0.1, -0.05) is 35.9 Å². The van der Waals surface area contributed by atoms with Crippen molar-refractivity contribution in [3.63, 3.8) is 0 Å². The summed E-state index contributed by atoms with van der Waals surface area (Å²) >= 11 is 1.60. The summed E-state index contributed by atoms with van der Waals surface area (Å²) in [5.74, 6) is 1.51. The summed E-state index contributed by atoms with van der Waals surface area (Å²) in [4.78, 5) is 20.4. The Labute approximate surface area is 168 Å². The number of carbonyl (C=O) groups excluding carboxylic acids is 1. The summed E-state index contributed by atoms with van der Waals surface area (Å²) in [5, 5.41) is 9.20. The lowest BCUT2D eigenvalue weighted by atomic mass is 10.1. The molecule has 7 heteroatoms. The van der Waals surface area contributed by atoms with Gasteiger partial charge < -0.3 is 9.64 Å². The molecule has 0 radical (unpaired) electrons. The van der Waals surface area contributed by atoms with Crippen molar-refractivity contribution in [2.75, 3.05) is 6.54 Å². The number of aromatic amines is 1. The molecule has 0 unspecified atom stereocenters. The van der Waals surface area contributed by atoms with Crippen molar-refractivity contribution in [1.29, 1.82) is 0 Å². The van der Waals surface area contributed by atoms with E-state index >= 15 is 0 Å². The van der Waals surface area contributed by atoms with E-state index in [0.717, 1.165) is 16.3 Å². The lowest BCUT2D eigenvalue weighted by Gasteiger charge is -2.22. The van der Waals surface area contributed by atoms with Gasteiger partial charge in [0.25, 0.3) is 0 Å². The number of aryl methyl sites for hydroxylation is 2. The highest BCUT2D eigenvalue weighted by atomic mass is 32.1. The lowest BCUT2D eigenvalue weighted by molar-refractivity contribution is -0.132. The van der Waals surface area contributed by atoms with Crippen LogP contribution in [0.4, 0.5) is 0 Å². The summed E-state index contributed by atoms with van der Waals surface area (Å²) in [6, 6.07) is 12.1. The average Bonchev–Trinajstić information content (AvgIpc) is 3.40. The Kier molecular flexibility index (Phi) is 5.54. The highest BCUT2D eigenvalue weighted by Gasteiger charge is 2.38. The maximum absolute atomic E-state index is 13.0. The minimum Gasteiger partial charge on any atom is -0.372 e. The van der Waals surface area contributed by atoms with Gasteiger partial charge in [0, 0.05) is 17.8 Å². The second kappa shape index (κ2) is 8.24.